The number of amides is 2. The number of carbonyl (C=O) groups is 2. The van der Waals surface area contributed by atoms with Gasteiger partial charge in [-0.3, -0.25) is 9.59 Å². The minimum absolute atomic E-state index is 0.00695. The van der Waals surface area contributed by atoms with Gasteiger partial charge in [0.25, 0.3) is 0 Å². The molecule has 0 bridgehead atoms. The molecule has 1 fully saturated rings. The molecule has 0 unspecified atom stereocenters. The SMILES string of the molecule is CC(C)OCCCN(C(=O)CO[C@H]1C[C@@H](C)CC[C@@H]1C(C)C)[C@@H]1C=C(C(=O)NCCO)[C@@H]2c3ccccc3O[C@@H]2[C@H]1O. The fourth-order valence-electron chi connectivity index (χ4n) is 6.75. The summed E-state index contributed by atoms with van der Waals surface area (Å²) in [5.41, 5.74) is 1.25. The summed E-state index contributed by atoms with van der Waals surface area (Å²) in [6.07, 6.45) is 3.73. The first-order chi connectivity index (χ1) is 20.1. The Balaban J connectivity index is 1.61. The van der Waals surface area contributed by atoms with Crippen molar-refractivity contribution in [2.24, 2.45) is 17.8 Å². The van der Waals surface area contributed by atoms with Crippen molar-refractivity contribution in [3.63, 3.8) is 0 Å². The number of aliphatic hydroxyl groups is 2. The molecule has 1 aromatic carbocycles. The number of nitrogens with one attached hydrogen (secondary N) is 1. The van der Waals surface area contributed by atoms with Crippen molar-refractivity contribution >= 4 is 11.8 Å². The van der Waals surface area contributed by atoms with Crippen molar-refractivity contribution in [1.82, 2.24) is 10.2 Å². The maximum absolute atomic E-state index is 13.9. The van der Waals surface area contributed by atoms with Crippen LogP contribution in [0.15, 0.2) is 35.9 Å². The molecule has 0 saturated heterocycles. The molecule has 2 aliphatic carbocycles. The highest BCUT2D eigenvalue weighted by Gasteiger charge is 2.50. The number of carbonyl (C=O) groups excluding carboxylic acids is 2. The Labute approximate surface area is 250 Å². The highest BCUT2D eigenvalue weighted by Crippen LogP contribution is 2.47. The van der Waals surface area contributed by atoms with E-state index in [1.807, 2.05) is 38.1 Å². The lowest BCUT2D eigenvalue weighted by Crippen LogP contribution is -2.56. The quantitative estimate of drug-likeness (QED) is 0.303. The zero-order valence-electron chi connectivity index (χ0n) is 25.8. The second-order valence-corrected chi connectivity index (χ2v) is 12.7. The van der Waals surface area contributed by atoms with E-state index >= 15 is 0 Å². The van der Waals surface area contributed by atoms with Gasteiger partial charge in [0.15, 0.2) is 0 Å². The molecule has 2 amide bonds. The number of rotatable bonds is 13. The average molecular weight is 587 g/mol. The Morgan fingerprint density at radius 2 is 1.93 bits per heavy atom. The first kappa shape index (κ1) is 32.5. The summed E-state index contributed by atoms with van der Waals surface area (Å²) in [5, 5.41) is 23.8. The Hall–Kier alpha value is -2.46. The number of hydrogen-bond acceptors (Lipinski definition) is 7. The molecule has 1 saturated carbocycles. The van der Waals surface area contributed by atoms with Gasteiger partial charge in [0.05, 0.1) is 30.8 Å². The number of para-hydroxylation sites is 1. The Morgan fingerprint density at radius 3 is 2.64 bits per heavy atom. The van der Waals surface area contributed by atoms with Gasteiger partial charge < -0.3 is 34.6 Å². The molecule has 0 spiro atoms. The van der Waals surface area contributed by atoms with Gasteiger partial charge in [-0.15, -0.1) is 0 Å². The minimum atomic E-state index is -1.06. The van der Waals surface area contributed by atoms with Crippen LogP contribution in [0.4, 0.5) is 0 Å². The predicted molar refractivity (Wildman–Crippen MR) is 160 cm³/mol. The van der Waals surface area contributed by atoms with E-state index in [9.17, 15) is 19.8 Å². The van der Waals surface area contributed by atoms with E-state index in [2.05, 4.69) is 26.1 Å². The topological polar surface area (TPSA) is 118 Å². The molecular weight excluding hydrogens is 536 g/mol. The van der Waals surface area contributed by atoms with Gasteiger partial charge in [0.2, 0.25) is 11.8 Å². The zero-order valence-corrected chi connectivity index (χ0v) is 25.8. The molecule has 1 aliphatic heterocycles. The van der Waals surface area contributed by atoms with Gasteiger partial charge in [0, 0.05) is 30.8 Å². The van der Waals surface area contributed by atoms with E-state index in [1.54, 1.807) is 11.0 Å². The van der Waals surface area contributed by atoms with Crippen LogP contribution in [0.1, 0.15) is 71.8 Å². The van der Waals surface area contributed by atoms with Crippen molar-refractivity contribution < 1.29 is 34.0 Å². The summed E-state index contributed by atoms with van der Waals surface area (Å²) >= 11 is 0. The molecule has 1 heterocycles. The highest BCUT2D eigenvalue weighted by molar-refractivity contribution is 5.96. The lowest BCUT2D eigenvalue weighted by molar-refractivity contribution is -0.147. The predicted octanol–water partition coefficient (Wildman–Crippen LogP) is 3.43. The number of nitrogens with zero attached hydrogens (tertiary/aromatic N) is 1. The van der Waals surface area contributed by atoms with Crippen molar-refractivity contribution in [2.75, 3.05) is 32.9 Å². The standard InChI is InChI=1S/C33H50N2O7/c1-20(2)23-12-11-22(5)17-28(23)41-19-29(37)35(14-8-16-40-21(3)4)26-18-25(33(39)34-13-15-36)30-24-9-6-7-10-27(24)42-32(30)31(26)38/h6-7,9-10,18,20-23,26,28,30-32,36,38H,8,11-17,19H2,1-5H3,(H,34,39)/t22-,23+,26+,28-,30-,31-,32-/m0/s1. The van der Waals surface area contributed by atoms with E-state index in [0.29, 0.717) is 48.6 Å². The third-order valence-electron chi connectivity index (χ3n) is 8.93. The number of benzene rings is 1. The van der Waals surface area contributed by atoms with Crippen LogP contribution >= 0.6 is 0 Å². The van der Waals surface area contributed by atoms with Gasteiger partial charge in [-0.05, 0) is 63.0 Å². The summed E-state index contributed by atoms with van der Waals surface area (Å²) in [4.78, 5) is 28.9. The molecule has 7 atom stereocenters. The molecule has 3 N–H and O–H groups in total. The molecule has 3 aliphatic rings. The maximum atomic E-state index is 13.9. The van der Waals surface area contributed by atoms with Crippen LogP contribution in [0.2, 0.25) is 0 Å². The Morgan fingerprint density at radius 1 is 1.17 bits per heavy atom. The molecule has 234 valence electrons. The van der Waals surface area contributed by atoms with E-state index in [-0.39, 0.29) is 43.8 Å². The zero-order chi connectivity index (χ0) is 30.4. The lowest BCUT2D eigenvalue weighted by atomic mass is 9.75. The van der Waals surface area contributed by atoms with Gasteiger partial charge in [-0.25, -0.2) is 0 Å². The first-order valence-corrected chi connectivity index (χ1v) is 15.7. The van der Waals surface area contributed by atoms with Crippen LogP contribution < -0.4 is 10.1 Å². The summed E-state index contributed by atoms with van der Waals surface area (Å²) in [7, 11) is 0. The number of fused-ring (bicyclic) bond motifs is 3. The molecule has 42 heavy (non-hydrogen) atoms. The molecule has 0 aromatic heterocycles. The molecule has 0 radical (unpaired) electrons. The number of hydrogen-bond donors (Lipinski definition) is 3. The molecular formula is C33H50N2O7. The monoisotopic (exact) mass is 586 g/mol. The van der Waals surface area contributed by atoms with E-state index in [4.69, 9.17) is 14.2 Å². The van der Waals surface area contributed by atoms with E-state index < -0.39 is 24.2 Å². The van der Waals surface area contributed by atoms with Crippen LogP contribution in [0.3, 0.4) is 0 Å². The van der Waals surface area contributed by atoms with Crippen LogP contribution in [0, 0.1) is 17.8 Å². The minimum Gasteiger partial charge on any atom is -0.486 e. The second-order valence-electron chi connectivity index (χ2n) is 12.7. The number of aliphatic hydroxyl groups excluding tert-OH is 2. The van der Waals surface area contributed by atoms with Crippen LogP contribution in [0.25, 0.3) is 0 Å². The van der Waals surface area contributed by atoms with Crippen LogP contribution in [-0.2, 0) is 19.1 Å². The van der Waals surface area contributed by atoms with Crippen LogP contribution in [0.5, 0.6) is 5.75 Å². The smallest absolute Gasteiger partial charge is 0.249 e. The van der Waals surface area contributed by atoms with E-state index in [1.165, 1.54) is 6.42 Å². The summed E-state index contributed by atoms with van der Waals surface area (Å²) in [6.45, 7) is 11.2. The van der Waals surface area contributed by atoms with Crippen molar-refractivity contribution in [1.29, 1.82) is 0 Å². The molecule has 9 nitrogen and oxygen atoms in total. The third-order valence-corrected chi connectivity index (χ3v) is 8.93. The lowest BCUT2D eigenvalue weighted by Gasteiger charge is -2.41. The largest absolute Gasteiger partial charge is 0.486 e. The van der Waals surface area contributed by atoms with Gasteiger partial charge in [-0.2, -0.15) is 0 Å². The summed E-state index contributed by atoms with van der Waals surface area (Å²) < 4.78 is 18.3. The van der Waals surface area contributed by atoms with Gasteiger partial charge in [-0.1, -0.05) is 45.4 Å². The summed E-state index contributed by atoms with van der Waals surface area (Å²) in [6, 6.07) is 6.67. The van der Waals surface area contributed by atoms with Crippen molar-refractivity contribution in [2.45, 2.75) is 96.7 Å². The summed E-state index contributed by atoms with van der Waals surface area (Å²) in [5.74, 6) is 0.956. The maximum Gasteiger partial charge on any atom is 0.249 e. The van der Waals surface area contributed by atoms with Gasteiger partial charge in [0.1, 0.15) is 24.6 Å². The number of ether oxygens (including phenoxy) is 3. The Bertz CT molecular complexity index is 1090. The average Bonchev–Trinajstić information content (AvgIpc) is 3.35. The third kappa shape index (κ3) is 7.54. The molecule has 1 aromatic rings. The fraction of sp³-hybridized carbons (Fsp3) is 0.697. The van der Waals surface area contributed by atoms with Crippen molar-refractivity contribution in [3.8, 4) is 5.75 Å². The Kier molecular flexibility index (Phi) is 11.5. The molecule has 9 heteroatoms. The second kappa shape index (κ2) is 14.8. The van der Waals surface area contributed by atoms with Crippen LogP contribution in [-0.4, -0.2) is 90.3 Å². The van der Waals surface area contributed by atoms with Crippen molar-refractivity contribution in [3.05, 3.63) is 41.5 Å². The fourth-order valence-corrected chi connectivity index (χ4v) is 6.75. The normalized spacial score (nSPS) is 28.6. The first-order valence-electron chi connectivity index (χ1n) is 15.7. The highest BCUT2D eigenvalue weighted by atomic mass is 16.5. The van der Waals surface area contributed by atoms with Gasteiger partial charge >= 0.3 is 0 Å². The molecule has 4 rings (SSSR count). The van der Waals surface area contributed by atoms with E-state index in [0.717, 1.165) is 18.4 Å².